The molecule has 22 heavy (non-hydrogen) atoms. The van der Waals surface area contributed by atoms with Crippen LogP contribution in [0.4, 0.5) is 0 Å². The molecule has 0 bridgehead atoms. The van der Waals surface area contributed by atoms with Crippen molar-refractivity contribution in [3.05, 3.63) is 59.7 Å². The van der Waals surface area contributed by atoms with Gasteiger partial charge in [-0.1, -0.05) is 48.5 Å². The van der Waals surface area contributed by atoms with Crippen LogP contribution in [0.1, 0.15) is 31.9 Å². The Kier molecular flexibility index (Phi) is 7.12. The van der Waals surface area contributed by atoms with Gasteiger partial charge in [0.2, 0.25) is 0 Å². The van der Waals surface area contributed by atoms with Gasteiger partial charge in [0, 0.05) is 5.56 Å². The largest absolute Gasteiger partial charge is 1.00 e. The van der Waals surface area contributed by atoms with Crippen molar-refractivity contribution < 1.29 is 16.9 Å². The molecule has 0 fully saturated rings. The molecule has 0 saturated heterocycles. The van der Waals surface area contributed by atoms with Crippen LogP contribution in [-0.2, 0) is 6.54 Å². The van der Waals surface area contributed by atoms with E-state index in [9.17, 15) is 0 Å². The smallest absolute Gasteiger partial charge is 0.105 e. The van der Waals surface area contributed by atoms with E-state index < -0.39 is 0 Å². The highest BCUT2D eigenvalue weighted by Gasteiger charge is 2.22. The molecule has 1 nitrogen and oxygen atoms in total. The number of hydrogen-bond donors (Lipinski definition) is 0. The van der Waals surface area contributed by atoms with Crippen LogP contribution in [0.3, 0.4) is 0 Å². The molecule has 0 aromatic heterocycles. The van der Waals surface area contributed by atoms with Crippen LogP contribution in [0, 0.1) is 6.92 Å². The lowest BCUT2D eigenvalue weighted by atomic mass is 9.96. The third-order valence-electron chi connectivity index (χ3n) is 5.05. The van der Waals surface area contributed by atoms with Crippen molar-refractivity contribution in [3.8, 4) is 11.1 Å². The van der Waals surface area contributed by atoms with Crippen molar-refractivity contribution in [3.63, 3.8) is 0 Å². The van der Waals surface area contributed by atoms with Gasteiger partial charge in [-0.15, -0.1) is 0 Å². The molecule has 2 heteroatoms. The Morgan fingerprint density at radius 3 is 1.91 bits per heavy atom. The topological polar surface area (TPSA) is 0 Å². The molecule has 0 aliphatic heterocycles. The van der Waals surface area contributed by atoms with Crippen LogP contribution >= 0.6 is 0 Å². The van der Waals surface area contributed by atoms with Crippen LogP contribution in [0.15, 0.2) is 48.5 Å². The van der Waals surface area contributed by atoms with Crippen LogP contribution in [0.5, 0.6) is 0 Å². The fourth-order valence-corrected chi connectivity index (χ4v) is 3.15. The van der Waals surface area contributed by atoms with Gasteiger partial charge in [-0.3, -0.25) is 0 Å². The van der Waals surface area contributed by atoms with Crippen molar-refractivity contribution in [1.29, 1.82) is 0 Å². The predicted octanol–water partition coefficient (Wildman–Crippen LogP) is 2.04. The highest BCUT2D eigenvalue weighted by Crippen LogP contribution is 2.27. The van der Waals surface area contributed by atoms with Gasteiger partial charge in [0.15, 0.2) is 0 Å². The molecule has 0 aliphatic carbocycles. The maximum absolute atomic E-state index is 2.31. The maximum atomic E-state index is 2.31. The van der Waals surface area contributed by atoms with E-state index in [1.807, 2.05) is 0 Å². The second kappa shape index (κ2) is 8.36. The Hall–Kier alpha value is -1.31. The summed E-state index contributed by atoms with van der Waals surface area (Å²) in [6.07, 6.45) is 0. The molecule has 0 N–H and O–H groups in total. The number of halogens is 1. The second-order valence-electron chi connectivity index (χ2n) is 5.90. The fourth-order valence-electron chi connectivity index (χ4n) is 3.15. The summed E-state index contributed by atoms with van der Waals surface area (Å²) in [5.74, 6) is 0. The van der Waals surface area contributed by atoms with Crippen LogP contribution in [0.2, 0.25) is 0 Å². The normalized spacial score (nSPS) is 11.1. The molecular weight excluding hydrogens is 290 g/mol. The molecule has 0 spiro atoms. The monoisotopic (exact) mass is 317 g/mol. The summed E-state index contributed by atoms with van der Waals surface area (Å²) in [6, 6.07) is 17.5. The van der Waals surface area contributed by atoms with E-state index in [-0.39, 0.29) is 12.4 Å². The molecule has 0 aliphatic rings. The zero-order valence-corrected chi connectivity index (χ0v) is 15.0. The number of quaternary nitrogens is 1. The van der Waals surface area contributed by atoms with E-state index in [2.05, 4.69) is 76.2 Å². The first-order valence-corrected chi connectivity index (χ1v) is 8.14. The molecule has 0 radical (unpaired) electrons. The van der Waals surface area contributed by atoms with Gasteiger partial charge in [0.25, 0.3) is 0 Å². The lowest BCUT2D eigenvalue weighted by Crippen LogP contribution is -3.00. The van der Waals surface area contributed by atoms with Crippen molar-refractivity contribution in [1.82, 2.24) is 0 Å². The number of benzene rings is 2. The van der Waals surface area contributed by atoms with E-state index in [0.717, 1.165) is 6.54 Å². The van der Waals surface area contributed by atoms with Gasteiger partial charge in [0.05, 0.1) is 19.6 Å². The molecule has 0 amide bonds. The van der Waals surface area contributed by atoms with E-state index >= 15 is 0 Å². The third kappa shape index (κ3) is 3.91. The minimum atomic E-state index is 0. The van der Waals surface area contributed by atoms with Crippen LogP contribution in [0.25, 0.3) is 11.1 Å². The van der Waals surface area contributed by atoms with E-state index in [0.29, 0.717) is 0 Å². The van der Waals surface area contributed by atoms with Gasteiger partial charge < -0.3 is 16.9 Å². The minimum Gasteiger partial charge on any atom is -1.00 e. The summed E-state index contributed by atoms with van der Waals surface area (Å²) < 4.78 is 1.17. The fraction of sp³-hybridized carbons (Fsp3) is 0.400. The Bertz CT molecular complexity index is 565. The third-order valence-corrected chi connectivity index (χ3v) is 5.05. The Morgan fingerprint density at radius 1 is 0.773 bits per heavy atom. The van der Waals surface area contributed by atoms with E-state index in [1.165, 1.54) is 46.4 Å². The summed E-state index contributed by atoms with van der Waals surface area (Å²) in [6.45, 7) is 13.9. The first-order valence-electron chi connectivity index (χ1n) is 8.14. The lowest BCUT2D eigenvalue weighted by molar-refractivity contribution is -0.936. The summed E-state index contributed by atoms with van der Waals surface area (Å²) in [4.78, 5) is 0. The molecule has 0 heterocycles. The molecule has 0 saturated carbocycles. The van der Waals surface area contributed by atoms with Gasteiger partial charge in [-0.2, -0.15) is 0 Å². The van der Waals surface area contributed by atoms with Gasteiger partial charge in [-0.05, 0) is 44.4 Å². The summed E-state index contributed by atoms with van der Waals surface area (Å²) in [5, 5.41) is 0. The number of nitrogens with zero attached hydrogens (tertiary/aromatic N) is 1. The van der Waals surface area contributed by atoms with Gasteiger partial charge >= 0.3 is 0 Å². The zero-order valence-electron chi connectivity index (χ0n) is 14.3. The first kappa shape index (κ1) is 18.7. The highest BCUT2D eigenvalue weighted by molar-refractivity contribution is 5.68. The highest BCUT2D eigenvalue weighted by atomic mass is 35.5. The summed E-state index contributed by atoms with van der Waals surface area (Å²) in [7, 11) is 0. The zero-order chi connectivity index (χ0) is 15.3. The average molecular weight is 318 g/mol. The van der Waals surface area contributed by atoms with Crippen LogP contribution in [-0.4, -0.2) is 24.1 Å². The maximum Gasteiger partial charge on any atom is 0.105 e. The molecule has 0 atom stereocenters. The predicted molar refractivity (Wildman–Crippen MR) is 92.2 cm³/mol. The number of hydrogen-bond acceptors (Lipinski definition) is 0. The Balaban J connectivity index is 0.00000242. The molecule has 0 unspecified atom stereocenters. The molecule has 120 valence electrons. The van der Waals surface area contributed by atoms with Gasteiger partial charge in [-0.25, -0.2) is 0 Å². The lowest BCUT2D eigenvalue weighted by Gasteiger charge is -2.36. The molecule has 2 aromatic rings. The van der Waals surface area contributed by atoms with Crippen molar-refractivity contribution >= 4 is 0 Å². The van der Waals surface area contributed by atoms with Crippen molar-refractivity contribution in [2.45, 2.75) is 34.2 Å². The first-order chi connectivity index (χ1) is 10.2. The standard InChI is InChI=1S/C20H28N.ClH/c1-5-21(6-2,7-3)16-19-14-11-15-20(17(19)4)18-12-9-8-10-13-18;/h8-15H,5-7,16H2,1-4H3;1H/q+1;/p-1. The minimum absolute atomic E-state index is 0. The summed E-state index contributed by atoms with van der Waals surface area (Å²) in [5.41, 5.74) is 5.61. The molecule has 2 rings (SSSR count). The molecule has 2 aromatic carbocycles. The second-order valence-corrected chi connectivity index (χ2v) is 5.90. The Morgan fingerprint density at radius 2 is 1.36 bits per heavy atom. The quantitative estimate of drug-likeness (QED) is 0.715. The van der Waals surface area contributed by atoms with E-state index in [1.54, 1.807) is 0 Å². The van der Waals surface area contributed by atoms with Crippen molar-refractivity contribution in [2.75, 3.05) is 19.6 Å². The summed E-state index contributed by atoms with van der Waals surface area (Å²) >= 11 is 0. The van der Waals surface area contributed by atoms with E-state index in [4.69, 9.17) is 0 Å². The van der Waals surface area contributed by atoms with Gasteiger partial charge in [0.1, 0.15) is 6.54 Å². The number of rotatable bonds is 6. The van der Waals surface area contributed by atoms with Crippen LogP contribution < -0.4 is 12.4 Å². The molecular formula is C20H28ClN. The average Bonchev–Trinajstić information content (AvgIpc) is 2.55. The van der Waals surface area contributed by atoms with Crippen molar-refractivity contribution in [2.24, 2.45) is 0 Å². The SMILES string of the molecule is CC[N+](CC)(CC)Cc1cccc(-c2ccccc2)c1C.[Cl-]. The Labute approximate surface area is 142 Å².